The molecule has 26 heavy (non-hydrogen) atoms. The van der Waals surface area contributed by atoms with E-state index in [9.17, 15) is 22.8 Å². The van der Waals surface area contributed by atoms with Crippen molar-refractivity contribution in [1.29, 1.82) is 0 Å². The lowest BCUT2D eigenvalue weighted by molar-refractivity contribution is -0.137. The fourth-order valence-electron chi connectivity index (χ4n) is 2.29. The van der Waals surface area contributed by atoms with Gasteiger partial charge in [-0.2, -0.15) is 24.5 Å². The quantitative estimate of drug-likeness (QED) is 0.778. The van der Waals surface area contributed by atoms with Crippen LogP contribution in [0.15, 0.2) is 41.1 Å². The first-order chi connectivity index (χ1) is 12.2. The molecule has 2 aromatic rings. The molecule has 0 aliphatic heterocycles. The Morgan fingerprint density at radius 2 is 1.92 bits per heavy atom. The molecule has 2 N–H and O–H groups in total. The highest BCUT2D eigenvalue weighted by molar-refractivity contribution is 7.07. The summed E-state index contributed by atoms with van der Waals surface area (Å²) in [5.74, 6) is -1.93. The zero-order chi connectivity index (χ0) is 19.3. The van der Waals surface area contributed by atoms with Crippen molar-refractivity contribution in [2.24, 2.45) is 0 Å². The highest BCUT2D eigenvalue weighted by atomic mass is 32.1. The molecule has 0 radical (unpaired) electrons. The molecule has 1 aromatic heterocycles. The minimum absolute atomic E-state index is 0.0954. The van der Waals surface area contributed by atoms with Crippen molar-refractivity contribution in [3.05, 3.63) is 52.2 Å². The summed E-state index contributed by atoms with van der Waals surface area (Å²) >= 11 is 1.52. The summed E-state index contributed by atoms with van der Waals surface area (Å²) in [5, 5.41) is 8.54. The standard InChI is InChI=1S/C17H18F3N3O2S/c1-23(2)14(11-6-7-26-10-11)9-21-15(24)16(25)22-13-5-3-4-12(8-13)17(18,19)20/h3-8,10,14H,9H2,1-2H3,(H,21,24)(H,22,25). The SMILES string of the molecule is CN(C)C(CNC(=O)C(=O)Nc1cccc(C(F)(F)F)c1)c1ccsc1. The van der Waals surface area contributed by atoms with Crippen molar-refractivity contribution in [3.63, 3.8) is 0 Å². The van der Waals surface area contributed by atoms with Crippen LogP contribution >= 0.6 is 11.3 Å². The second kappa shape index (κ2) is 8.33. The Labute approximate surface area is 152 Å². The maximum Gasteiger partial charge on any atom is 0.416 e. The predicted molar refractivity (Wildman–Crippen MR) is 93.8 cm³/mol. The van der Waals surface area contributed by atoms with Crippen LogP contribution in [0.4, 0.5) is 18.9 Å². The summed E-state index contributed by atoms with van der Waals surface area (Å²) in [6, 6.07) is 5.91. The molecule has 2 amide bonds. The molecule has 0 aliphatic rings. The molecule has 0 spiro atoms. The molecular formula is C17H18F3N3O2S. The van der Waals surface area contributed by atoms with E-state index in [1.165, 1.54) is 17.4 Å². The zero-order valence-corrected chi connectivity index (χ0v) is 14.9. The van der Waals surface area contributed by atoms with Gasteiger partial charge in [0.05, 0.1) is 11.6 Å². The minimum atomic E-state index is -4.53. The first-order valence-electron chi connectivity index (χ1n) is 7.63. The normalized spacial score (nSPS) is 12.7. The largest absolute Gasteiger partial charge is 0.416 e. The average molecular weight is 385 g/mol. The van der Waals surface area contributed by atoms with Crippen LogP contribution in [-0.4, -0.2) is 37.4 Å². The highest BCUT2D eigenvalue weighted by Crippen LogP contribution is 2.30. The fraction of sp³-hybridized carbons (Fsp3) is 0.294. The van der Waals surface area contributed by atoms with E-state index in [4.69, 9.17) is 0 Å². The number of thiophene rings is 1. The fourth-order valence-corrected chi connectivity index (χ4v) is 3.00. The molecule has 1 unspecified atom stereocenters. The second-order valence-corrected chi connectivity index (χ2v) is 6.56. The molecule has 9 heteroatoms. The van der Waals surface area contributed by atoms with Crippen LogP contribution < -0.4 is 10.6 Å². The van der Waals surface area contributed by atoms with E-state index >= 15 is 0 Å². The number of likely N-dealkylation sites (N-methyl/N-ethyl adjacent to an activating group) is 1. The summed E-state index contributed by atoms with van der Waals surface area (Å²) in [4.78, 5) is 25.8. The van der Waals surface area contributed by atoms with Crippen LogP contribution in [0, 0.1) is 0 Å². The van der Waals surface area contributed by atoms with Crippen LogP contribution in [0.2, 0.25) is 0 Å². The molecule has 0 saturated heterocycles. The van der Waals surface area contributed by atoms with Gasteiger partial charge in [-0.15, -0.1) is 0 Å². The third-order valence-corrected chi connectivity index (χ3v) is 4.36. The number of benzene rings is 1. The zero-order valence-electron chi connectivity index (χ0n) is 14.1. The van der Waals surface area contributed by atoms with E-state index in [1.54, 1.807) is 0 Å². The summed E-state index contributed by atoms with van der Waals surface area (Å²) in [6.45, 7) is 0.193. The summed E-state index contributed by atoms with van der Waals surface area (Å²) in [6.07, 6.45) is -4.53. The number of rotatable bonds is 5. The van der Waals surface area contributed by atoms with Crippen molar-refractivity contribution in [1.82, 2.24) is 10.2 Å². The predicted octanol–water partition coefficient (Wildman–Crippen LogP) is 3.12. The summed E-state index contributed by atoms with van der Waals surface area (Å²) < 4.78 is 38.1. The van der Waals surface area contributed by atoms with Gasteiger partial charge in [0.25, 0.3) is 0 Å². The van der Waals surface area contributed by atoms with E-state index < -0.39 is 23.6 Å². The number of nitrogens with zero attached hydrogens (tertiary/aromatic N) is 1. The van der Waals surface area contributed by atoms with E-state index in [1.807, 2.05) is 35.8 Å². The number of hydrogen-bond donors (Lipinski definition) is 2. The Kier molecular flexibility index (Phi) is 6.38. The van der Waals surface area contributed by atoms with Gasteiger partial charge in [-0.25, -0.2) is 0 Å². The Morgan fingerprint density at radius 3 is 2.50 bits per heavy atom. The first kappa shape index (κ1) is 19.9. The van der Waals surface area contributed by atoms with Crippen LogP contribution in [0.25, 0.3) is 0 Å². The number of halogens is 3. The summed E-state index contributed by atoms with van der Waals surface area (Å²) in [7, 11) is 3.69. The Bertz CT molecular complexity index is 761. The van der Waals surface area contributed by atoms with Crippen molar-refractivity contribution < 1.29 is 22.8 Å². The van der Waals surface area contributed by atoms with Crippen LogP contribution in [-0.2, 0) is 15.8 Å². The van der Waals surface area contributed by atoms with E-state index in [2.05, 4.69) is 10.6 Å². The van der Waals surface area contributed by atoms with E-state index in [0.717, 1.165) is 23.8 Å². The molecule has 0 fully saturated rings. The molecular weight excluding hydrogens is 367 g/mol. The second-order valence-electron chi connectivity index (χ2n) is 5.78. The number of alkyl halides is 3. The van der Waals surface area contributed by atoms with Crippen LogP contribution in [0.1, 0.15) is 17.2 Å². The van der Waals surface area contributed by atoms with E-state index in [0.29, 0.717) is 0 Å². The van der Waals surface area contributed by atoms with Gasteiger partial charge in [0, 0.05) is 12.2 Å². The maximum atomic E-state index is 12.7. The Morgan fingerprint density at radius 1 is 1.19 bits per heavy atom. The molecule has 0 aliphatic carbocycles. The Hall–Kier alpha value is -2.39. The smallest absolute Gasteiger partial charge is 0.346 e. The lowest BCUT2D eigenvalue weighted by Crippen LogP contribution is -2.40. The highest BCUT2D eigenvalue weighted by Gasteiger charge is 2.30. The van der Waals surface area contributed by atoms with Crippen molar-refractivity contribution in [2.75, 3.05) is 26.0 Å². The lowest BCUT2D eigenvalue weighted by Gasteiger charge is -2.23. The number of carbonyl (C=O) groups excluding carboxylic acids is 2. The topological polar surface area (TPSA) is 61.4 Å². The molecule has 1 atom stereocenters. The molecule has 1 heterocycles. The van der Waals surface area contributed by atoms with E-state index in [-0.39, 0.29) is 18.3 Å². The molecule has 5 nitrogen and oxygen atoms in total. The van der Waals surface area contributed by atoms with Crippen molar-refractivity contribution in [2.45, 2.75) is 12.2 Å². The molecule has 1 aromatic carbocycles. The third-order valence-electron chi connectivity index (χ3n) is 3.66. The lowest BCUT2D eigenvalue weighted by atomic mass is 10.1. The van der Waals surface area contributed by atoms with Gasteiger partial charge in [0.1, 0.15) is 0 Å². The Balaban J connectivity index is 1.96. The van der Waals surface area contributed by atoms with Gasteiger partial charge in [-0.3, -0.25) is 9.59 Å². The average Bonchev–Trinajstić information content (AvgIpc) is 3.08. The van der Waals surface area contributed by atoms with Gasteiger partial charge in [-0.1, -0.05) is 6.07 Å². The molecule has 0 saturated carbocycles. The van der Waals surface area contributed by atoms with Gasteiger partial charge >= 0.3 is 18.0 Å². The van der Waals surface area contributed by atoms with Crippen LogP contribution in [0.3, 0.4) is 0 Å². The maximum absolute atomic E-state index is 12.7. The number of carbonyl (C=O) groups is 2. The summed E-state index contributed by atoms with van der Waals surface area (Å²) in [5.41, 5.74) is 0.00129. The van der Waals surface area contributed by atoms with Crippen molar-refractivity contribution in [3.8, 4) is 0 Å². The minimum Gasteiger partial charge on any atom is -0.346 e. The number of amides is 2. The van der Waals surface area contributed by atoms with Gasteiger partial charge in [-0.05, 0) is 54.7 Å². The van der Waals surface area contributed by atoms with Gasteiger partial charge < -0.3 is 15.5 Å². The number of anilines is 1. The molecule has 140 valence electrons. The van der Waals surface area contributed by atoms with Gasteiger partial charge in [0.15, 0.2) is 0 Å². The molecule has 2 rings (SSSR count). The number of nitrogens with one attached hydrogen (secondary N) is 2. The third kappa shape index (κ3) is 5.30. The van der Waals surface area contributed by atoms with Crippen LogP contribution in [0.5, 0.6) is 0 Å². The number of hydrogen-bond acceptors (Lipinski definition) is 4. The molecule has 0 bridgehead atoms. The van der Waals surface area contributed by atoms with Crippen molar-refractivity contribution >= 4 is 28.8 Å². The monoisotopic (exact) mass is 385 g/mol. The van der Waals surface area contributed by atoms with Gasteiger partial charge in [0.2, 0.25) is 0 Å². The first-order valence-corrected chi connectivity index (χ1v) is 8.57.